The minimum Gasteiger partial charge on any atom is -0.489 e. The average molecular weight is 467 g/mol. The SMILES string of the molecule is O=C(Cc1cc(Cl)c2c(c1)OCCCO2)Nc1nc(-c2ccccc2OC(F)F)cs1. The number of amides is 1. The number of alkyl halides is 2. The van der Waals surface area contributed by atoms with Gasteiger partial charge < -0.3 is 19.5 Å². The third-order valence-electron chi connectivity index (χ3n) is 4.36. The highest BCUT2D eigenvalue weighted by molar-refractivity contribution is 7.14. The molecule has 31 heavy (non-hydrogen) atoms. The molecule has 0 fully saturated rings. The third-order valence-corrected chi connectivity index (χ3v) is 5.39. The van der Waals surface area contributed by atoms with Crippen molar-refractivity contribution in [3.05, 3.63) is 52.4 Å². The summed E-state index contributed by atoms with van der Waals surface area (Å²) in [7, 11) is 0. The first kappa shape index (κ1) is 21.3. The monoisotopic (exact) mass is 466 g/mol. The van der Waals surface area contributed by atoms with Crippen LogP contribution in [0.5, 0.6) is 17.2 Å². The van der Waals surface area contributed by atoms with Gasteiger partial charge in [0.25, 0.3) is 0 Å². The summed E-state index contributed by atoms with van der Waals surface area (Å²) in [5, 5.41) is 5.10. The maximum absolute atomic E-state index is 12.6. The number of hydrogen-bond donors (Lipinski definition) is 1. The van der Waals surface area contributed by atoms with Gasteiger partial charge >= 0.3 is 6.61 Å². The molecule has 6 nitrogen and oxygen atoms in total. The van der Waals surface area contributed by atoms with Crippen molar-refractivity contribution in [3.8, 4) is 28.5 Å². The lowest BCUT2D eigenvalue weighted by atomic mass is 10.1. The minimum absolute atomic E-state index is 0.0162. The molecule has 0 unspecified atom stereocenters. The number of aromatic nitrogens is 1. The van der Waals surface area contributed by atoms with Gasteiger partial charge in [-0.15, -0.1) is 11.3 Å². The van der Waals surface area contributed by atoms with Crippen LogP contribution >= 0.6 is 22.9 Å². The molecule has 0 aliphatic carbocycles. The first-order chi connectivity index (χ1) is 15.0. The summed E-state index contributed by atoms with van der Waals surface area (Å²) in [6.45, 7) is -1.91. The Morgan fingerprint density at radius 3 is 2.90 bits per heavy atom. The van der Waals surface area contributed by atoms with Crippen molar-refractivity contribution in [2.75, 3.05) is 18.5 Å². The molecule has 3 aromatic rings. The molecule has 1 aliphatic rings. The predicted octanol–water partition coefficient (Wildman–Crippen LogP) is 5.41. The molecule has 0 atom stereocenters. The molecule has 1 amide bonds. The van der Waals surface area contributed by atoms with E-state index in [1.54, 1.807) is 35.7 Å². The highest BCUT2D eigenvalue weighted by Gasteiger charge is 2.18. The second kappa shape index (κ2) is 9.49. The van der Waals surface area contributed by atoms with Crippen molar-refractivity contribution in [2.45, 2.75) is 19.5 Å². The van der Waals surface area contributed by atoms with Crippen molar-refractivity contribution in [1.82, 2.24) is 4.98 Å². The molecule has 0 saturated carbocycles. The molecule has 4 rings (SSSR count). The van der Waals surface area contributed by atoms with E-state index >= 15 is 0 Å². The van der Waals surface area contributed by atoms with E-state index in [2.05, 4.69) is 15.0 Å². The fourth-order valence-corrected chi connectivity index (χ4v) is 4.08. The predicted molar refractivity (Wildman–Crippen MR) is 114 cm³/mol. The zero-order valence-electron chi connectivity index (χ0n) is 16.1. The first-order valence-electron chi connectivity index (χ1n) is 9.37. The Balaban J connectivity index is 1.46. The molecule has 2 aromatic carbocycles. The smallest absolute Gasteiger partial charge is 0.387 e. The Hall–Kier alpha value is -2.91. The Morgan fingerprint density at radius 2 is 2.06 bits per heavy atom. The number of nitrogens with zero attached hydrogens (tertiary/aromatic N) is 1. The maximum atomic E-state index is 12.6. The van der Waals surface area contributed by atoms with E-state index in [1.807, 2.05) is 0 Å². The van der Waals surface area contributed by atoms with E-state index in [0.29, 0.717) is 51.7 Å². The lowest BCUT2D eigenvalue weighted by molar-refractivity contribution is -0.115. The highest BCUT2D eigenvalue weighted by atomic mass is 35.5. The third kappa shape index (κ3) is 5.23. The van der Waals surface area contributed by atoms with Crippen LogP contribution in [0.1, 0.15) is 12.0 Å². The topological polar surface area (TPSA) is 69.7 Å². The number of hydrogen-bond acceptors (Lipinski definition) is 6. The molecular weight excluding hydrogens is 450 g/mol. The van der Waals surface area contributed by atoms with Gasteiger partial charge in [0, 0.05) is 17.4 Å². The molecule has 1 aromatic heterocycles. The van der Waals surface area contributed by atoms with Crippen molar-refractivity contribution in [3.63, 3.8) is 0 Å². The van der Waals surface area contributed by atoms with Crippen LogP contribution in [0.15, 0.2) is 41.8 Å². The van der Waals surface area contributed by atoms with Crippen molar-refractivity contribution in [1.29, 1.82) is 0 Å². The summed E-state index contributed by atoms with van der Waals surface area (Å²) >= 11 is 7.46. The summed E-state index contributed by atoms with van der Waals surface area (Å²) < 4.78 is 41.0. The fourth-order valence-electron chi connectivity index (χ4n) is 3.07. The number of carbonyl (C=O) groups is 1. The second-order valence-electron chi connectivity index (χ2n) is 6.59. The first-order valence-corrected chi connectivity index (χ1v) is 10.6. The lowest BCUT2D eigenvalue weighted by Crippen LogP contribution is -2.14. The van der Waals surface area contributed by atoms with Gasteiger partial charge in [-0.2, -0.15) is 8.78 Å². The second-order valence-corrected chi connectivity index (χ2v) is 7.86. The summed E-state index contributed by atoms with van der Waals surface area (Å²) in [6.07, 6.45) is 0.801. The molecule has 0 bridgehead atoms. The largest absolute Gasteiger partial charge is 0.489 e. The molecule has 0 saturated heterocycles. The quantitative estimate of drug-likeness (QED) is 0.526. The Bertz CT molecular complexity index is 1090. The Kier molecular flexibility index (Phi) is 6.53. The highest BCUT2D eigenvalue weighted by Crippen LogP contribution is 2.38. The molecule has 2 heterocycles. The number of rotatable bonds is 6. The zero-order valence-corrected chi connectivity index (χ0v) is 17.6. The van der Waals surface area contributed by atoms with E-state index in [9.17, 15) is 13.6 Å². The van der Waals surface area contributed by atoms with E-state index in [0.717, 1.165) is 6.42 Å². The van der Waals surface area contributed by atoms with Crippen molar-refractivity contribution in [2.24, 2.45) is 0 Å². The van der Waals surface area contributed by atoms with Gasteiger partial charge in [-0.05, 0) is 29.8 Å². The van der Waals surface area contributed by atoms with Gasteiger partial charge in [-0.25, -0.2) is 4.98 Å². The Labute approximate surface area is 185 Å². The number of thiazole rings is 1. The molecule has 1 N–H and O–H groups in total. The summed E-state index contributed by atoms with van der Waals surface area (Å²) in [6, 6.07) is 9.75. The van der Waals surface area contributed by atoms with Gasteiger partial charge in [-0.1, -0.05) is 23.7 Å². The number of benzene rings is 2. The van der Waals surface area contributed by atoms with Crippen LogP contribution in [0.2, 0.25) is 5.02 Å². The van der Waals surface area contributed by atoms with Gasteiger partial charge in [0.1, 0.15) is 5.75 Å². The summed E-state index contributed by atoms with van der Waals surface area (Å²) in [5.74, 6) is 0.712. The number of fused-ring (bicyclic) bond motifs is 1. The van der Waals surface area contributed by atoms with Crippen LogP contribution in [0.25, 0.3) is 11.3 Å². The van der Waals surface area contributed by atoms with Crippen LogP contribution in [0.4, 0.5) is 13.9 Å². The minimum atomic E-state index is -2.94. The Morgan fingerprint density at radius 1 is 1.26 bits per heavy atom. The molecule has 0 spiro atoms. The number of ether oxygens (including phenoxy) is 3. The number of para-hydroxylation sites is 1. The molecule has 162 valence electrons. The van der Waals surface area contributed by atoms with Crippen LogP contribution in [0, 0.1) is 0 Å². The molecular formula is C21H17ClF2N2O4S. The van der Waals surface area contributed by atoms with Crippen molar-refractivity contribution < 1.29 is 27.8 Å². The average Bonchev–Trinajstić information content (AvgIpc) is 3.03. The van der Waals surface area contributed by atoms with E-state index in [4.69, 9.17) is 21.1 Å². The van der Waals surface area contributed by atoms with Crippen LogP contribution in [0.3, 0.4) is 0 Å². The van der Waals surface area contributed by atoms with Crippen LogP contribution in [-0.4, -0.2) is 30.7 Å². The lowest BCUT2D eigenvalue weighted by Gasteiger charge is -2.11. The maximum Gasteiger partial charge on any atom is 0.387 e. The molecule has 1 aliphatic heterocycles. The van der Waals surface area contributed by atoms with Crippen molar-refractivity contribution >= 4 is 34.0 Å². The normalized spacial score (nSPS) is 13.0. The van der Waals surface area contributed by atoms with Crippen LogP contribution in [-0.2, 0) is 11.2 Å². The van der Waals surface area contributed by atoms with E-state index in [-0.39, 0.29) is 18.1 Å². The molecule has 0 radical (unpaired) electrons. The molecule has 10 heteroatoms. The summed E-state index contributed by atoms with van der Waals surface area (Å²) in [5.41, 5.74) is 1.50. The summed E-state index contributed by atoms with van der Waals surface area (Å²) in [4.78, 5) is 16.8. The van der Waals surface area contributed by atoms with Gasteiger partial charge in [0.05, 0.1) is 30.4 Å². The van der Waals surface area contributed by atoms with Gasteiger partial charge in [0.15, 0.2) is 16.6 Å². The fraction of sp³-hybridized carbons (Fsp3) is 0.238. The standard InChI is InChI=1S/C21H17ClF2N2O4S/c22-14-8-12(9-17-19(14)29-7-3-6-28-17)10-18(27)26-21-25-15(11-31-21)13-4-1-2-5-16(13)30-20(23)24/h1-2,4-5,8-9,11,20H,3,6-7,10H2,(H,25,26,27). The number of carbonyl (C=O) groups excluding carboxylic acids is 1. The number of nitrogens with one attached hydrogen (secondary N) is 1. The van der Waals surface area contributed by atoms with E-state index < -0.39 is 6.61 Å². The van der Waals surface area contributed by atoms with E-state index in [1.165, 1.54) is 17.4 Å². The van der Waals surface area contributed by atoms with Gasteiger partial charge in [0.2, 0.25) is 5.91 Å². The number of anilines is 1. The number of halogens is 3. The zero-order chi connectivity index (χ0) is 21.8. The van der Waals surface area contributed by atoms with Gasteiger partial charge in [-0.3, -0.25) is 4.79 Å². The van der Waals surface area contributed by atoms with Crippen LogP contribution < -0.4 is 19.5 Å².